The Balaban J connectivity index is 1.49. The van der Waals surface area contributed by atoms with Crippen LogP contribution >= 0.6 is 0 Å². The molecule has 0 saturated heterocycles. The fraction of sp³-hybridized carbons (Fsp3) is 0.417. The molecule has 3 rings (SSSR count). The summed E-state index contributed by atoms with van der Waals surface area (Å²) in [5.41, 5.74) is 3.44. The Bertz CT molecular complexity index is 1030. The lowest BCUT2D eigenvalue weighted by molar-refractivity contribution is 0.354. The van der Waals surface area contributed by atoms with E-state index in [0.717, 1.165) is 61.3 Å². The monoisotopic (exact) mass is 423 g/mol. The maximum Gasteiger partial charge on any atom is 0.193 e. The van der Waals surface area contributed by atoms with Crippen LogP contribution in [0.4, 0.5) is 0 Å². The molecule has 2 aromatic carbocycles. The van der Waals surface area contributed by atoms with Crippen molar-refractivity contribution in [3.63, 3.8) is 0 Å². The van der Waals surface area contributed by atoms with Crippen molar-refractivity contribution < 1.29 is 9.47 Å². The topological polar surface area (TPSA) is 63.9 Å². The Kier molecular flexibility index (Phi) is 7.76. The molecule has 0 spiro atoms. The lowest BCUT2D eigenvalue weighted by atomic mass is 10.1. The Morgan fingerprint density at radius 3 is 2.65 bits per heavy atom. The van der Waals surface area contributed by atoms with E-state index < -0.39 is 0 Å². The molecule has 0 bridgehead atoms. The fourth-order valence-electron chi connectivity index (χ4n) is 3.74. The van der Waals surface area contributed by atoms with E-state index in [-0.39, 0.29) is 0 Å². The van der Waals surface area contributed by atoms with E-state index in [9.17, 15) is 0 Å². The Morgan fingerprint density at radius 1 is 1.13 bits per heavy atom. The highest BCUT2D eigenvalue weighted by atomic mass is 16.5. The van der Waals surface area contributed by atoms with Crippen LogP contribution in [-0.4, -0.2) is 61.8 Å². The number of nitrogens with zero attached hydrogens (tertiary/aromatic N) is 4. The van der Waals surface area contributed by atoms with Crippen molar-refractivity contribution in [2.75, 3.05) is 41.4 Å². The molecule has 0 saturated carbocycles. The second kappa shape index (κ2) is 10.7. The van der Waals surface area contributed by atoms with E-state index in [0.29, 0.717) is 0 Å². The summed E-state index contributed by atoms with van der Waals surface area (Å²) >= 11 is 0. The molecule has 0 amide bonds. The lowest BCUT2D eigenvalue weighted by Gasteiger charge is -2.22. The van der Waals surface area contributed by atoms with Crippen LogP contribution in [0.1, 0.15) is 17.8 Å². The summed E-state index contributed by atoms with van der Waals surface area (Å²) in [6, 6.07) is 14.3. The van der Waals surface area contributed by atoms with Crippen molar-refractivity contribution in [2.45, 2.75) is 26.3 Å². The number of aliphatic imine (C=N–C) groups is 1. The van der Waals surface area contributed by atoms with E-state index in [1.54, 1.807) is 14.2 Å². The van der Waals surface area contributed by atoms with Gasteiger partial charge >= 0.3 is 0 Å². The summed E-state index contributed by atoms with van der Waals surface area (Å²) in [5, 5.41) is 3.47. The molecule has 0 unspecified atom stereocenters. The van der Waals surface area contributed by atoms with E-state index in [1.165, 1.54) is 11.1 Å². The van der Waals surface area contributed by atoms with Crippen LogP contribution in [0.15, 0.2) is 47.5 Å². The molecular formula is C24H33N5O2. The smallest absolute Gasteiger partial charge is 0.193 e. The SMILES string of the molecule is CN=C(NCCCn1c(C)nc2ccccc21)N(C)CCc1ccc(OC)c(OC)c1. The predicted octanol–water partition coefficient (Wildman–Crippen LogP) is 3.50. The lowest BCUT2D eigenvalue weighted by Crippen LogP contribution is -2.40. The van der Waals surface area contributed by atoms with Crippen molar-refractivity contribution in [1.29, 1.82) is 0 Å². The Labute approximate surface area is 184 Å². The molecule has 166 valence electrons. The third kappa shape index (κ3) is 5.48. The summed E-state index contributed by atoms with van der Waals surface area (Å²) in [7, 11) is 7.19. The van der Waals surface area contributed by atoms with Gasteiger partial charge in [0.25, 0.3) is 0 Å². The first kappa shape index (κ1) is 22.5. The second-order valence-electron chi connectivity index (χ2n) is 7.49. The number of ether oxygens (including phenoxy) is 2. The zero-order valence-electron chi connectivity index (χ0n) is 19.2. The van der Waals surface area contributed by atoms with Crippen LogP contribution in [0.3, 0.4) is 0 Å². The highest BCUT2D eigenvalue weighted by Gasteiger charge is 2.09. The quantitative estimate of drug-likeness (QED) is 0.324. The zero-order chi connectivity index (χ0) is 22.2. The molecule has 0 fully saturated rings. The van der Waals surface area contributed by atoms with Crippen LogP contribution < -0.4 is 14.8 Å². The number of rotatable bonds is 9. The van der Waals surface area contributed by atoms with Gasteiger partial charge in [0.1, 0.15) is 5.82 Å². The number of aryl methyl sites for hydroxylation is 2. The molecule has 7 nitrogen and oxygen atoms in total. The number of para-hydroxylation sites is 2. The molecule has 0 aliphatic rings. The molecule has 7 heteroatoms. The van der Waals surface area contributed by atoms with Gasteiger partial charge in [0.15, 0.2) is 17.5 Å². The average molecular weight is 424 g/mol. The average Bonchev–Trinajstić information content (AvgIpc) is 3.12. The number of likely N-dealkylation sites (N-methyl/N-ethyl adjacent to an activating group) is 1. The summed E-state index contributed by atoms with van der Waals surface area (Å²) < 4.78 is 13.0. The van der Waals surface area contributed by atoms with Gasteiger partial charge in [-0.2, -0.15) is 0 Å². The Hall–Kier alpha value is -3.22. The first-order valence-corrected chi connectivity index (χ1v) is 10.6. The van der Waals surface area contributed by atoms with E-state index in [4.69, 9.17) is 9.47 Å². The largest absolute Gasteiger partial charge is 0.493 e. The maximum atomic E-state index is 5.40. The van der Waals surface area contributed by atoms with Crippen LogP contribution in [0.25, 0.3) is 11.0 Å². The van der Waals surface area contributed by atoms with Gasteiger partial charge in [-0.3, -0.25) is 4.99 Å². The molecule has 1 aromatic heterocycles. The summed E-state index contributed by atoms with van der Waals surface area (Å²) in [6.07, 6.45) is 1.88. The van der Waals surface area contributed by atoms with Gasteiger partial charge in [-0.05, 0) is 49.6 Å². The van der Waals surface area contributed by atoms with Crippen molar-refractivity contribution in [3.05, 3.63) is 53.9 Å². The highest BCUT2D eigenvalue weighted by Crippen LogP contribution is 2.27. The number of aromatic nitrogens is 2. The predicted molar refractivity (Wildman–Crippen MR) is 126 cm³/mol. The first-order valence-electron chi connectivity index (χ1n) is 10.6. The van der Waals surface area contributed by atoms with Crippen LogP contribution in [0.2, 0.25) is 0 Å². The number of benzene rings is 2. The van der Waals surface area contributed by atoms with Gasteiger partial charge in [-0.25, -0.2) is 4.98 Å². The van der Waals surface area contributed by atoms with E-state index in [1.807, 2.05) is 25.2 Å². The highest BCUT2D eigenvalue weighted by molar-refractivity contribution is 5.79. The number of hydrogen-bond donors (Lipinski definition) is 1. The molecule has 0 radical (unpaired) electrons. The zero-order valence-corrected chi connectivity index (χ0v) is 19.2. The van der Waals surface area contributed by atoms with Gasteiger partial charge in [0.2, 0.25) is 0 Å². The van der Waals surface area contributed by atoms with Crippen molar-refractivity contribution in [3.8, 4) is 11.5 Å². The minimum Gasteiger partial charge on any atom is -0.493 e. The second-order valence-corrected chi connectivity index (χ2v) is 7.49. The fourth-order valence-corrected chi connectivity index (χ4v) is 3.74. The molecule has 0 aliphatic heterocycles. The van der Waals surface area contributed by atoms with Crippen LogP contribution in [0.5, 0.6) is 11.5 Å². The normalized spacial score (nSPS) is 11.6. The summed E-state index contributed by atoms with van der Waals surface area (Å²) in [4.78, 5) is 11.2. The minimum atomic E-state index is 0.748. The third-order valence-corrected chi connectivity index (χ3v) is 5.44. The number of methoxy groups -OCH3 is 2. The first-order chi connectivity index (χ1) is 15.1. The van der Waals surface area contributed by atoms with Gasteiger partial charge in [-0.15, -0.1) is 0 Å². The molecule has 1 N–H and O–H groups in total. The number of guanidine groups is 1. The van der Waals surface area contributed by atoms with Gasteiger partial charge in [0.05, 0.1) is 25.3 Å². The number of hydrogen-bond acceptors (Lipinski definition) is 4. The third-order valence-electron chi connectivity index (χ3n) is 5.44. The molecule has 0 atom stereocenters. The van der Waals surface area contributed by atoms with E-state index >= 15 is 0 Å². The molecule has 1 heterocycles. The molecule has 31 heavy (non-hydrogen) atoms. The van der Waals surface area contributed by atoms with Crippen molar-refractivity contribution in [2.24, 2.45) is 4.99 Å². The number of nitrogens with one attached hydrogen (secondary N) is 1. The van der Waals surface area contributed by atoms with Gasteiger partial charge in [-0.1, -0.05) is 18.2 Å². The summed E-state index contributed by atoms with van der Waals surface area (Å²) in [6.45, 7) is 4.68. The van der Waals surface area contributed by atoms with Gasteiger partial charge < -0.3 is 24.3 Å². The van der Waals surface area contributed by atoms with Crippen molar-refractivity contribution in [1.82, 2.24) is 19.8 Å². The Morgan fingerprint density at radius 2 is 1.90 bits per heavy atom. The van der Waals surface area contributed by atoms with Crippen LogP contribution in [0, 0.1) is 6.92 Å². The van der Waals surface area contributed by atoms with Crippen molar-refractivity contribution >= 4 is 17.0 Å². The maximum absolute atomic E-state index is 5.40. The molecule has 0 aliphatic carbocycles. The van der Waals surface area contributed by atoms with Gasteiger partial charge in [0, 0.05) is 33.7 Å². The number of imidazole rings is 1. The minimum absolute atomic E-state index is 0.748. The molecular weight excluding hydrogens is 390 g/mol. The standard InChI is InChI=1S/C24H33N5O2/c1-18-27-20-9-6-7-10-21(20)29(18)15-8-14-26-24(25-2)28(3)16-13-19-11-12-22(30-4)23(17-19)31-5/h6-7,9-12,17H,8,13-16H2,1-5H3,(H,25,26). The van der Waals surface area contributed by atoms with E-state index in [2.05, 4.69) is 63.0 Å². The number of fused-ring (bicyclic) bond motifs is 1. The van der Waals surface area contributed by atoms with Crippen LogP contribution in [-0.2, 0) is 13.0 Å². The summed E-state index contributed by atoms with van der Waals surface area (Å²) in [5.74, 6) is 3.45. The molecule has 3 aromatic rings.